The van der Waals surface area contributed by atoms with Gasteiger partial charge in [0.25, 0.3) is 0 Å². The van der Waals surface area contributed by atoms with E-state index in [2.05, 4.69) is 29.4 Å². The lowest BCUT2D eigenvalue weighted by atomic mass is 9.94. The van der Waals surface area contributed by atoms with Crippen LogP contribution in [0.5, 0.6) is 0 Å². The molecule has 94 valence electrons. The average molecular weight is 234 g/mol. The number of ether oxygens (including phenoxy) is 1. The van der Waals surface area contributed by atoms with E-state index >= 15 is 0 Å². The van der Waals surface area contributed by atoms with Gasteiger partial charge in [-0.25, -0.2) is 0 Å². The van der Waals surface area contributed by atoms with E-state index in [1.807, 2.05) is 12.3 Å². The van der Waals surface area contributed by atoms with Crippen molar-refractivity contribution >= 4 is 0 Å². The largest absolute Gasteiger partial charge is 0.381 e. The molecule has 2 heterocycles. The van der Waals surface area contributed by atoms with E-state index in [4.69, 9.17) is 4.74 Å². The quantitative estimate of drug-likeness (QED) is 0.818. The average Bonchev–Trinajstić information content (AvgIpc) is 2.89. The van der Waals surface area contributed by atoms with Crippen molar-refractivity contribution in [3.05, 3.63) is 30.1 Å². The summed E-state index contributed by atoms with van der Waals surface area (Å²) in [5.41, 5.74) is 1.17. The lowest BCUT2D eigenvalue weighted by Crippen LogP contribution is -2.39. The Hall–Kier alpha value is -0.930. The van der Waals surface area contributed by atoms with Crippen LogP contribution in [0.3, 0.4) is 0 Å². The van der Waals surface area contributed by atoms with Crippen LogP contribution in [0.4, 0.5) is 0 Å². The summed E-state index contributed by atoms with van der Waals surface area (Å²) in [7, 11) is 0. The zero-order valence-corrected chi connectivity index (χ0v) is 10.6. The van der Waals surface area contributed by atoms with Gasteiger partial charge in [-0.2, -0.15) is 0 Å². The SMILES string of the molecule is CCCNC(Cc1ccccn1)C1CCOC1. The molecule has 0 radical (unpaired) electrons. The molecule has 1 aromatic rings. The van der Waals surface area contributed by atoms with Gasteiger partial charge >= 0.3 is 0 Å². The molecule has 2 rings (SSSR count). The van der Waals surface area contributed by atoms with E-state index in [0.717, 1.165) is 26.2 Å². The highest BCUT2D eigenvalue weighted by Gasteiger charge is 2.25. The summed E-state index contributed by atoms with van der Waals surface area (Å²) >= 11 is 0. The standard InChI is InChI=1S/C14H22N2O/c1-2-7-16-14(12-6-9-17-11-12)10-13-5-3-4-8-15-13/h3-5,8,12,14,16H,2,6-7,9-11H2,1H3. The summed E-state index contributed by atoms with van der Waals surface area (Å²) in [4.78, 5) is 4.42. The predicted octanol–water partition coefficient (Wildman–Crippen LogP) is 2.03. The van der Waals surface area contributed by atoms with Gasteiger partial charge in [0.2, 0.25) is 0 Å². The number of pyridine rings is 1. The fourth-order valence-electron chi connectivity index (χ4n) is 2.35. The summed E-state index contributed by atoms with van der Waals surface area (Å²) in [6.45, 7) is 5.09. The second kappa shape index (κ2) is 6.72. The van der Waals surface area contributed by atoms with Gasteiger partial charge < -0.3 is 10.1 Å². The highest BCUT2D eigenvalue weighted by molar-refractivity contribution is 5.06. The van der Waals surface area contributed by atoms with Gasteiger partial charge in [-0.15, -0.1) is 0 Å². The van der Waals surface area contributed by atoms with Crippen LogP contribution in [0.1, 0.15) is 25.5 Å². The summed E-state index contributed by atoms with van der Waals surface area (Å²) in [5, 5.41) is 3.64. The molecule has 0 aliphatic carbocycles. The smallest absolute Gasteiger partial charge is 0.0510 e. The molecule has 1 aromatic heterocycles. The normalized spacial score (nSPS) is 21.6. The molecular weight excluding hydrogens is 212 g/mol. The molecule has 2 atom stereocenters. The lowest BCUT2D eigenvalue weighted by Gasteiger charge is -2.23. The Labute approximate surface area is 104 Å². The van der Waals surface area contributed by atoms with Crippen LogP contribution in [0.2, 0.25) is 0 Å². The van der Waals surface area contributed by atoms with Gasteiger partial charge in [-0.3, -0.25) is 4.98 Å². The molecule has 0 aromatic carbocycles. The maximum atomic E-state index is 5.50. The second-order valence-corrected chi connectivity index (χ2v) is 4.71. The molecule has 2 unspecified atom stereocenters. The van der Waals surface area contributed by atoms with E-state index in [9.17, 15) is 0 Å². The van der Waals surface area contributed by atoms with Crippen molar-refractivity contribution in [1.82, 2.24) is 10.3 Å². The number of rotatable bonds is 6. The third kappa shape index (κ3) is 3.79. The zero-order valence-electron chi connectivity index (χ0n) is 10.6. The number of nitrogens with one attached hydrogen (secondary N) is 1. The highest BCUT2D eigenvalue weighted by atomic mass is 16.5. The van der Waals surface area contributed by atoms with Crippen LogP contribution in [-0.4, -0.2) is 30.8 Å². The van der Waals surface area contributed by atoms with Gasteiger partial charge in [0, 0.05) is 36.9 Å². The maximum absolute atomic E-state index is 5.50. The Kier molecular flexibility index (Phi) is 4.95. The first-order valence-corrected chi connectivity index (χ1v) is 6.61. The fourth-order valence-corrected chi connectivity index (χ4v) is 2.35. The van der Waals surface area contributed by atoms with Gasteiger partial charge in [0.05, 0.1) is 6.61 Å². The van der Waals surface area contributed by atoms with Crippen LogP contribution in [0.25, 0.3) is 0 Å². The molecule has 1 aliphatic rings. The van der Waals surface area contributed by atoms with Crippen molar-refractivity contribution in [1.29, 1.82) is 0 Å². The fraction of sp³-hybridized carbons (Fsp3) is 0.643. The minimum Gasteiger partial charge on any atom is -0.381 e. The zero-order chi connectivity index (χ0) is 11.9. The van der Waals surface area contributed by atoms with Crippen molar-refractivity contribution in [3.63, 3.8) is 0 Å². The minimum atomic E-state index is 0.507. The summed E-state index contributed by atoms with van der Waals surface area (Å²) in [5.74, 6) is 0.642. The van der Waals surface area contributed by atoms with Crippen LogP contribution in [0.15, 0.2) is 24.4 Å². The van der Waals surface area contributed by atoms with Crippen LogP contribution in [-0.2, 0) is 11.2 Å². The molecule has 3 nitrogen and oxygen atoms in total. The number of aromatic nitrogens is 1. The van der Waals surface area contributed by atoms with Crippen molar-refractivity contribution < 1.29 is 4.74 Å². The van der Waals surface area contributed by atoms with Crippen molar-refractivity contribution in [3.8, 4) is 0 Å². The minimum absolute atomic E-state index is 0.507. The van der Waals surface area contributed by atoms with E-state index in [-0.39, 0.29) is 0 Å². The monoisotopic (exact) mass is 234 g/mol. The molecule has 1 saturated heterocycles. The maximum Gasteiger partial charge on any atom is 0.0510 e. The van der Waals surface area contributed by atoms with E-state index in [0.29, 0.717) is 12.0 Å². The Balaban J connectivity index is 1.94. The molecule has 1 N–H and O–H groups in total. The van der Waals surface area contributed by atoms with Gasteiger partial charge in [-0.05, 0) is 31.5 Å². The summed E-state index contributed by atoms with van der Waals surface area (Å²) < 4.78 is 5.50. The van der Waals surface area contributed by atoms with E-state index in [1.54, 1.807) is 0 Å². The van der Waals surface area contributed by atoms with Crippen LogP contribution < -0.4 is 5.32 Å². The van der Waals surface area contributed by atoms with Crippen LogP contribution in [0, 0.1) is 5.92 Å². The Morgan fingerprint density at radius 1 is 1.53 bits per heavy atom. The van der Waals surface area contributed by atoms with E-state index in [1.165, 1.54) is 18.5 Å². The first kappa shape index (κ1) is 12.5. The molecule has 1 aliphatic heterocycles. The topological polar surface area (TPSA) is 34.2 Å². The van der Waals surface area contributed by atoms with Crippen molar-refractivity contribution in [2.24, 2.45) is 5.92 Å². The Morgan fingerprint density at radius 2 is 2.47 bits per heavy atom. The third-order valence-electron chi connectivity index (χ3n) is 3.35. The molecule has 0 amide bonds. The third-order valence-corrected chi connectivity index (χ3v) is 3.35. The first-order valence-electron chi connectivity index (χ1n) is 6.61. The van der Waals surface area contributed by atoms with E-state index < -0.39 is 0 Å². The first-order chi connectivity index (χ1) is 8.40. The van der Waals surface area contributed by atoms with Gasteiger partial charge in [-0.1, -0.05) is 13.0 Å². The predicted molar refractivity (Wildman–Crippen MR) is 68.9 cm³/mol. The lowest BCUT2D eigenvalue weighted by molar-refractivity contribution is 0.176. The molecular formula is C14H22N2O. The molecule has 1 fully saturated rings. The second-order valence-electron chi connectivity index (χ2n) is 4.71. The van der Waals surface area contributed by atoms with Crippen molar-refractivity contribution in [2.45, 2.75) is 32.2 Å². The molecule has 0 saturated carbocycles. The molecule has 3 heteroatoms. The summed E-state index contributed by atoms with van der Waals surface area (Å²) in [6, 6.07) is 6.64. The van der Waals surface area contributed by atoms with Crippen LogP contribution >= 0.6 is 0 Å². The number of nitrogens with zero attached hydrogens (tertiary/aromatic N) is 1. The number of hydrogen-bond donors (Lipinski definition) is 1. The molecule has 17 heavy (non-hydrogen) atoms. The number of hydrogen-bond acceptors (Lipinski definition) is 3. The molecule has 0 bridgehead atoms. The Morgan fingerprint density at radius 3 is 3.12 bits per heavy atom. The van der Waals surface area contributed by atoms with Gasteiger partial charge in [0.1, 0.15) is 0 Å². The molecule has 0 spiro atoms. The van der Waals surface area contributed by atoms with Gasteiger partial charge in [0.15, 0.2) is 0 Å². The highest BCUT2D eigenvalue weighted by Crippen LogP contribution is 2.19. The summed E-state index contributed by atoms with van der Waals surface area (Å²) in [6.07, 6.45) is 5.23. The van der Waals surface area contributed by atoms with Crippen molar-refractivity contribution in [2.75, 3.05) is 19.8 Å². The Bertz CT molecular complexity index is 309.